The molecule has 1 aromatic carbocycles. The van der Waals surface area contributed by atoms with E-state index in [4.69, 9.17) is 14.6 Å². The third kappa shape index (κ3) is 5.43. The van der Waals surface area contributed by atoms with E-state index in [-0.39, 0.29) is 18.6 Å². The predicted octanol–water partition coefficient (Wildman–Crippen LogP) is 2.87. The summed E-state index contributed by atoms with van der Waals surface area (Å²) in [6.45, 7) is 3.93. The molecule has 0 aliphatic heterocycles. The third-order valence-corrected chi connectivity index (χ3v) is 4.20. The molecular formula is C16H23BrO4. The van der Waals surface area contributed by atoms with Gasteiger partial charge in [-0.1, -0.05) is 35.0 Å². The predicted molar refractivity (Wildman–Crippen MR) is 86.5 cm³/mol. The number of halogens is 1. The number of hydrogen-bond acceptors (Lipinski definition) is 4. The van der Waals surface area contributed by atoms with E-state index in [1.54, 1.807) is 12.1 Å². The molecule has 0 saturated heterocycles. The van der Waals surface area contributed by atoms with E-state index < -0.39 is 6.10 Å². The summed E-state index contributed by atoms with van der Waals surface area (Å²) in [6.07, 6.45) is -1.08. The molecule has 0 bridgehead atoms. The van der Waals surface area contributed by atoms with Crippen LogP contribution in [0.2, 0.25) is 0 Å². The second-order valence-corrected chi connectivity index (χ2v) is 5.50. The third-order valence-electron chi connectivity index (χ3n) is 3.48. The van der Waals surface area contributed by atoms with E-state index >= 15 is 0 Å². The molecule has 21 heavy (non-hydrogen) atoms. The molecule has 2 N–H and O–H groups in total. The number of aliphatic hydroxyl groups is 2. The smallest absolute Gasteiger partial charge is 0.118 e. The molecule has 1 unspecified atom stereocenters. The molecule has 0 aliphatic rings. The molecule has 0 heterocycles. The van der Waals surface area contributed by atoms with E-state index in [2.05, 4.69) is 15.9 Å². The molecule has 5 heteroatoms. The van der Waals surface area contributed by atoms with Crippen LogP contribution in [0.4, 0.5) is 0 Å². The average Bonchev–Trinajstić information content (AvgIpc) is 2.54. The molecule has 0 amide bonds. The van der Waals surface area contributed by atoms with Crippen LogP contribution in [0.25, 0.3) is 0 Å². The van der Waals surface area contributed by atoms with E-state index in [1.165, 1.54) is 0 Å². The maximum Gasteiger partial charge on any atom is 0.118 e. The van der Waals surface area contributed by atoms with Gasteiger partial charge in [-0.15, -0.1) is 0 Å². The van der Waals surface area contributed by atoms with Crippen molar-refractivity contribution in [1.82, 2.24) is 0 Å². The molecule has 0 saturated carbocycles. The van der Waals surface area contributed by atoms with Crippen LogP contribution in [0.3, 0.4) is 0 Å². The first-order chi connectivity index (χ1) is 10.0. The van der Waals surface area contributed by atoms with Gasteiger partial charge >= 0.3 is 0 Å². The summed E-state index contributed by atoms with van der Waals surface area (Å²) in [5.74, 6) is 0.595. The van der Waals surface area contributed by atoms with Gasteiger partial charge in [0.2, 0.25) is 0 Å². The van der Waals surface area contributed by atoms with Crippen LogP contribution < -0.4 is 4.74 Å². The van der Waals surface area contributed by atoms with Crippen LogP contribution >= 0.6 is 15.9 Å². The number of ether oxygens (including phenoxy) is 2. The lowest BCUT2D eigenvalue weighted by atomic mass is 9.94. The maximum atomic E-state index is 9.82. The standard InChI is InChI=1S/C16H23BrO4/c1-11(8-17)16(12(2)15(19)9-18)21-10-13-4-6-14(20-3)7-5-13/h4-8,12,15-16,18-19H,9-10H2,1-3H3/b11-8-/t12-,15?,16-/m0/s1. The Morgan fingerprint density at radius 2 is 1.95 bits per heavy atom. The van der Waals surface area contributed by atoms with Crippen molar-refractivity contribution in [1.29, 1.82) is 0 Å². The number of rotatable bonds is 8. The second kappa shape index (κ2) is 9.20. The minimum Gasteiger partial charge on any atom is -0.497 e. The van der Waals surface area contributed by atoms with Crippen molar-refractivity contribution in [3.63, 3.8) is 0 Å². The SMILES string of the molecule is COc1ccc(CO[C@@H](/C(C)=C\Br)[C@@H](C)C(O)CO)cc1. The average molecular weight is 359 g/mol. The summed E-state index contributed by atoms with van der Waals surface area (Å²) < 4.78 is 11.0. The highest BCUT2D eigenvalue weighted by atomic mass is 79.9. The Morgan fingerprint density at radius 1 is 1.33 bits per heavy atom. The number of benzene rings is 1. The van der Waals surface area contributed by atoms with Crippen molar-refractivity contribution >= 4 is 15.9 Å². The van der Waals surface area contributed by atoms with Crippen molar-refractivity contribution in [3.8, 4) is 5.75 Å². The molecule has 1 aromatic rings. The fourth-order valence-electron chi connectivity index (χ4n) is 2.04. The van der Waals surface area contributed by atoms with Gasteiger partial charge in [-0.3, -0.25) is 0 Å². The molecule has 4 nitrogen and oxygen atoms in total. The highest BCUT2D eigenvalue weighted by Gasteiger charge is 2.25. The first kappa shape index (κ1) is 18.2. The largest absolute Gasteiger partial charge is 0.497 e. The molecule has 0 spiro atoms. The highest BCUT2D eigenvalue weighted by molar-refractivity contribution is 9.11. The van der Waals surface area contributed by atoms with Crippen LogP contribution in [0.1, 0.15) is 19.4 Å². The van der Waals surface area contributed by atoms with E-state index in [1.807, 2.05) is 38.1 Å². The zero-order chi connectivity index (χ0) is 15.8. The molecule has 0 aliphatic carbocycles. The van der Waals surface area contributed by atoms with Crippen molar-refractivity contribution in [2.24, 2.45) is 5.92 Å². The van der Waals surface area contributed by atoms with E-state index in [0.717, 1.165) is 16.9 Å². The van der Waals surface area contributed by atoms with E-state index in [0.29, 0.717) is 6.61 Å². The zero-order valence-electron chi connectivity index (χ0n) is 12.6. The van der Waals surface area contributed by atoms with Crippen LogP contribution in [-0.4, -0.2) is 36.1 Å². The molecule has 118 valence electrons. The Balaban J connectivity index is 2.72. The van der Waals surface area contributed by atoms with Gasteiger partial charge in [0.15, 0.2) is 0 Å². The Bertz CT molecular complexity index is 444. The number of methoxy groups -OCH3 is 1. The van der Waals surface area contributed by atoms with Gasteiger partial charge in [-0.05, 0) is 35.2 Å². The van der Waals surface area contributed by atoms with Gasteiger partial charge in [0.1, 0.15) is 5.75 Å². The van der Waals surface area contributed by atoms with E-state index in [9.17, 15) is 5.11 Å². The minimum absolute atomic E-state index is 0.206. The quantitative estimate of drug-likeness (QED) is 0.750. The zero-order valence-corrected chi connectivity index (χ0v) is 14.2. The van der Waals surface area contributed by atoms with Gasteiger partial charge < -0.3 is 19.7 Å². The fourth-order valence-corrected chi connectivity index (χ4v) is 2.30. The fraction of sp³-hybridized carbons (Fsp3) is 0.500. The van der Waals surface area contributed by atoms with Crippen molar-refractivity contribution in [2.45, 2.75) is 32.7 Å². The summed E-state index contributed by atoms with van der Waals surface area (Å²) in [7, 11) is 1.63. The highest BCUT2D eigenvalue weighted by Crippen LogP contribution is 2.22. The van der Waals surface area contributed by atoms with Crippen LogP contribution in [-0.2, 0) is 11.3 Å². The molecule has 0 radical (unpaired) electrons. The molecule has 0 aromatic heterocycles. The normalized spacial score (nSPS) is 16.4. The lowest BCUT2D eigenvalue weighted by molar-refractivity contribution is -0.0356. The van der Waals surface area contributed by atoms with Crippen LogP contribution in [0, 0.1) is 5.92 Å². The Kier molecular flexibility index (Phi) is 7.96. The summed E-state index contributed by atoms with van der Waals surface area (Å²) in [4.78, 5) is 1.78. The Hall–Kier alpha value is -0.880. The second-order valence-electron chi connectivity index (χ2n) is 5.04. The van der Waals surface area contributed by atoms with Crippen molar-refractivity contribution in [3.05, 3.63) is 40.4 Å². The monoisotopic (exact) mass is 358 g/mol. The topological polar surface area (TPSA) is 58.9 Å². The molecule has 0 fully saturated rings. The molecule has 3 atom stereocenters. The van der Waals surface area contributed by atoms with Crippen LogP contribution in [0.15, 0.2) is 34.8 Å². The Labute approximate surface area is 134 Å². The van der Waals surface area contributed by atoms with Crippen molar-refractivity contribution in [2.75, 3.05) is 13.7 Å². The molecule has 1 rings (SSSR count). The number of hydrogen-bond donors (Lipinski definition) is 2. The Morgan fingerprint density at radius 3 is 2.43 bits per heavy atom. The van der Waals surface area contributed by atoms with Crippen molar-refractivity contribution < 1.29 is 19.7 Å². The van der Waals surface area contributed by atoms with Gasteiger partial charge in [-0.2, -0.15) is 0 Å². The van der Waals surface area contributed by atoms with Gasteiger partial charge in [-0.25, -0.2) is 0 Å². The first-order valence-corrected chi connectivity index (χ1v) is 7.75. The van der Waals surface area contributed by atoms with Crippen LogP contribution in [0.5, 0.6) is 5.75 Å². The summed E-state index contributed by atoms with van der Waals surface area (Å²) in [5, 5.41) is 18.9. The van der Waals surface area contributed by atoms with Gasteiger partial charge in [0.05, 0.1) is 32.5 Å². The summed E-state index contributed by atoms with van der Waals surface area (Å²) in [5.41, 5.74) is 1.98. The summed E-state index contributed by atoms with van der Waals surface area (Å²) >= 11 is 3.30. The lowest BCUT2D eigenvalue weighted by Crippen LogP contribution is -2.34. The van der Waals surface area contributed by atoms with Gasteiger partial charge in [0.25, 0.3) is 0 Å². The minimum atomic E-state index is -0.812. The molecular weight excluding hydrogens is 336 g/mol. The first-order valence-electron chi connectivity index (χ1n) is 6.83. The lowest BCUT2D eigenvalue weighted by Gasteiger charge is -2.28. The maximum absolute atomic E-state index is 9.82. The van der Waals surface area contributed by atoms with Gasteiger partial charge in [0, 0.05) is 5.92 Å². The summed E-state index contributed by atoms with van der Waals surface area (Å²) in [6, 6.07) is 7.65. The number of aliphatic hydroxyl groups excluding tert-OH is 2.